The summed E-state index contributed by atoms with van der Waals surface area (Å²) in [5.41, 5.74) is 2.61. The van der Waals surface area contributed by atoms with Gasteiger partial charge in [0.1, 0.15) is 5.75 Å². The van der Waals surface area contributed by atoms with Crippen molar-refractivity contribution in [3.63, 3.8) is 0 Å². The standard InChI is InChI=1S/C15H19NOS/c1-4-17-13-7-5-12(6-8-13)14(16-3)15-11(2)9-10-18-15/h5-10,14,16H,4H2,1-3H3. The fourth-order valence-corrected chi connectivity index (χ4v) is 3.12. The number of aryl methyl sites for hydroxylation is 1. The van der Waals surface area contributed by atoms with E-state index >= 15 is 0 Å². The van der Waals surface area contributed by atoms with Crippen LogP contribution in [0.15, 0.2) is 35.7 Å². The van der Waals surface area contributed by atoms with E-state index in [9.17, 15) is 0 Å². The average Bonchev–Trinajstić information content (AvgIpc) is 2.79. The van der Waals surface area contributed by atoms with Crippen molar-refractivity contribution in [1.29, 1.82) is 0 Å². The summed E-state index contributed by atoms with van der Waals surface area (Å²) >= 11 is 1.80. The van der Waals surface area contributed by atoms with E-state index in [0.717, 1.165) is 5.75 Å². The second-order valence-corrected chi connectivity index (χ2v) is 5.14. The van der Waals surface area contributed by atoms with E-state index in [1.165, 1.54) is 16.0 Å². The molecule has 1 heterocycles. The third kappa shape index (κ3) is 2.74. The van der Waals surface area contributed by atoms with Crippen LogP contribution >= 0.6 is 11.3 Å². The summed E-state index contributed by atoms with van der Waals surface area (Å²) < 4.78 is 5.47. The number of benzene rings is 1. The van der Waals surface area contributed by atoms with Crippen LogP contribution in [0, 0.1) is 6.92 Å². The Kier molecular flexibility index (Phi) is 4.39. The molecule has 2 nitrogen and oxygen atoms in total. The van der Waals surface area contributed by atoms with Gasteiger partial charge in [-0.05, 0) is 55.6 Å². The van der Waals surface area contributed by atoms with Gasteiger partial charge in [0.25, 0.3) is 0 Å². The fraction of sp³-hybridized carbons (Fsp3) is 0.333. The molecule has 0 aliphatic carbocycles. The molecule has 3 heteroatoms. The van der Waals surface area contributed by atoms with Gasteiger partial charge in [0.15, 0.2) is 0 Å². The van der Waals surface area contributed by atoms with Crippen LogP contribution in [0.5, 0.6) is 5.75 Å². The molecular formula is C15H19NOS. The Morgan fingerprint density at radius 3 is 2.44 bits per heavy atom. The summed E-state index contributed by atoms with van der Waals surface area (Å²) in [5.74, 6) is 0.930. The molecule has 1 aromatic heterocycles. The maximum Gasteiger partial charge on any atom is 0.119 e. The number of rotatable bonds is 5. The topological polar surface area (TPSA) is 21.3 Å². The molecule has 96 valence electrons. The number of hydrogen-bond acceptors (Lipinski definition) is 3. The lowest BCUT2D eigenvalue weighted by atomic mass is 10.0. The molecule has 1 aromatic carbocycles. The molecule has 2 aromatic rings. The first kappa shape index (κ1) is 13.1. The third-order valence-corrected chi connectivity index (χ3v) is 4.06. The van der Waals surface area contributed by atoms with Gasteiger partial charge in [0.05, 0.1) is 12.6 Å². The van der Waals surface area contributed by atoms with Crippen LogP contribution in [0.1, 0.15) is 29.0 Å². The second kappa shape index (κ2) is 6.03. The molecule has 0 radical (unpaired) electrons. The Morgan fingerprint density at radius 2 is 1.94 bits per heavy atom. The van der Waals surface area contributed by atoms with E-state index in [2.05, 4.69) is 35.8 Å². The molecule has 1 atom stereocenters. The minimum Gasteiger partial charge on any atom is -0.494 e. The van der Waals surface area contributed by atoms with E-state index in [1.807, 2.05) is 26.1 Å². The van der Waals surface area contributed by atoms with Crippen LogP contribution in [0.2, 0.25) is 0 Å². The third-order valence-electron chi connectivity index (χ3n) is 2.98. The second-order valence-electron chi connectivity index (χ2n) is 4.19. The van der Waals surface area contributed by atoms with Crippen LogP contribution in [0.3, 0.4) is 0 Å². The molecule has 0 aliphatic rings. The highest BCUT2D eigenvalue weighted by Gasteiger charge is 2.15. The first-order valence-corrected chi connectivity index (χ1v) is 7.08. The van der Waals surface area contributed by atoms with Crippen molar-refractivity contribution in [1.82, 2.24) is 5.32 Å². The highest BCUT2D eigenvalue weighted by Crippen LogP contribution is 2.29. The monoisotopic (exact) mass is 261 g/mol. The van der Waals surface area contributed by atoms with Crippen molar-refractivity contribution in [3.8, 4) is 5.75 Å². The maximum absolute atomic E-state index is 5.47. The molecule has 18 heavy (non-hydrogen) atoms. The minimum absolute atomic E-state index is 0.265. The molecule has 1 N–H and O–H groups in total. The van der Waals surface area contributed by atoms with Crippen LogP contribution in [0.4, 0.5) is 0 Å². The van der Waals surface area contributed by atoms with Gasteiger partial charge in [-0.3, -0.25) is 0 Å². The van der Waals surface area contributed by atoms with Crippen molar-refractivity contribution in [2.45, 2.75) is 19.9 Å². The number of ether oxygens (including phenoxy) is 1. The van der Waals surface area contributed by atoms with Gasteiger partial charge in [0, 0.05) is 4.88 Å². The minimum atomic E-state index is 0.265. The van der Waals surface area contributed by atoms with Gasteiger partial charge < -0.3 is 10.1 Å². The zero-order valence-electron chi connectivity index (χ0n) is 11.1. The number of thiophene rings is 1. The normalized spacial score (nSPS) is 12.4. The highest BCUT2D eigenvalue weighted by molar-refractivity contribution is 7.10. The van der Waals surface area contributed by atoms with Gasteiger partial charge in [-0.25, -0.2) is 0 Å². The summed E-state index contributed by atoms with van der Waals surface area (Å²) in [5, 5.41) is 5.53. The number of hydrogen-bond donors (Lipinski definition) is 1. The Balaban J connectivity index is 2.25. The Morgan fingerprint density at radius 1 is 1.22 bits per heavy atom. The molecule has 0 saturated heterocycles. The molecule has 1 unspecified atom stereocenters. The summed E-state index contributed by atoms with van der Waals surface area (Å²) in [4.78, 5) is 1.38. The Bertz CT molecular complexity index is 489. The summed E-state index contributed by atoms with van der Waals surface area (Å²) in [6.45, 7) is 4.86. The van der Waals surface area contributed by atoms with E-state index in [0.29, 0.717) is 6.61 Å². The van der Waals surface area contributed by atoms with Crippen LogP contribution in [-0.4, -0.2) is 13.7 Å². The quantitative estimate of drug-likeness (QED) is 0.884. The molecule has 0 bridgehead atoms. The van der Waals surface area contributed by atoms with Crippen molar-refractivity contribution in [2.24, 2.45) is 0 Å². The van der Waals surface area contributed by atoms with Crippen LogP contribution < -0.4 is 10.1 Å². The van der Waals surface area contributed by atoms with Gasteiger partial charge in [-0.2, -0.15) is 0 Å². The molecule has 2 rings (SSSR count). The van der Waals surface area contributed by atoms with E-state index in [1.54, 1.807) is 11.3 Å². The summed E-state index contributed by atoms with van der Waals surface area (Å²) in [6, 6.07) is 10.8. The van der Waals surface area contributed by atoms with Crippen LogP contribution in [0.25, 0.3) is 0 Å². The fourth-order valence-electron chi connectivity index (χ4n) is 2.05. The maximum atomic E-state index is 5.47. The largest absolute Gasteiger partial charge is 0.494 e. The van der Waals surface area contributed by atoms with Gasteiger partial charge >= 0.3 is 0 Å². The van der Waals surface area contributed by atoms with Crippen molar-refractivity contribution in [2.75, 3.05) is 13.7 Å². The molecule has 0 aliphatic heterocycles. The molecular weight excluding hydrogens is 242 g/mol. The first-order chi connectivity index (χ1) is 8.76. The van der Waals surface area contributed by atoms with Crippen molar-refractivity contribution in [3.05, 3.63) is 51.7 Å². The van der Waals surface area contributed by atoms with Gasteiger partial charge in [-0.1, -0.05) is 12.1 Å². The van der Waals surface area contributed by atoms with E-state index < -0.39 is 0 Å². The van der Waals surface area contributed by atoms with E-state index in [-0.39, 0.29) is 6.04 Å². The summed E-state index contributed by atoms with van der Waals surface area (Å²) in [6.07, 6.45) is 0. The highest BCUT2D eigenvalue weighted by atomic mass is 32.1. The lowest BCUT2D eigenvalue weighted by Crippen LogP contribution is -2.17. The van der Waals surface area contributed by atoms with Crippen LogP contribution in [-0.2, 0) is 0 Å². The number of nitrogens with one attached hydrogen (secondary N) is 1. The molecule has 0 fully saturated rings. The van der Waals surface area contributed by atoms with Crippen molar-refractivity contribution >= 4 is 11.3 Å². The zero-order chi connectivity index (χ0) is 13.0. The van der Waals surface area contributed by atoms with Crippen molar-refractivity contribution < 1.29 is 4.74 Å². The predicted molar refractivity (Wildman–Crippen MR) is 77.6 cm³/mol. The SMILES string of the molecule is CCOc1ccc(C(NC)c2sccc2C)cc1. The molecule has 0 amide bonds. The Labute approximate surface area is 113 Å². The summed E-state index contributed by atoms with van der Waals surface area (Å²) in [7, 11) is 2.00. The van der Waals surface area contributed by atoms with Gasteiger partial charge in [0.2, 0.25) is 0 Å². The molecule has 0 spiro atoms. The lowest BCUT2D eigenvalue weighted by Gasteiger charge is -2.17. The first-order valence-electron chi connectivity index (χ1n) is 6.20. The average molecular weight is 261 g/mol. The molecule has 0 saturated carbocycles. The predicted octanol–water partition coefficient (Wildman–Crippen LogP) is 3.76. The zero-order valence-corrected chi connectivity index (χ0v) is 11.9. The van der Waals surface area contributed by atoms with Gasteiger partial charge in [-0.15, -0.1) is 11.3 Å². The smallest absolute Gasteiger partial charge is 0.119 e. The lowest BCUT2D eigenvalue weighted by molar-refractivity contribution is 0.340. The Hall–Kier alpha value is -1.32. The van der Waals surface area contributed by atoms with E-state index in [4.69, 9.17) is 4.74 Å².